The third kappa shape index (κ3) is 3.26. The second-order valence-corrected chi connectivity index (χ2v) is 5.50. The minimum atomic E-state index is -3.44. The maximum atomic E-state index is 11.8. The third-order valence-electron chi connectivity index (χ3n) is 1.97. The quantitative estimate of drug-likeness (QED) is 0.773. The molecule has 1 aromatic carbocycles. The van der Waals surface area contributed by atoms with Gasteiger partial charge in [-0.15, -0.1) is 0 Å². The Kier molecular flexibility index (Phi) is 4.40. The molecule has 0 saturated heterocycles. The monoisotopic (exact) mass is 258 g/mol. The Bertz CT molecular complexity index is 483. The number of rotatable bonds is 5. The van der Waals surface area contributed by atoms with Crippen LogP contribution in [0.25, 0.3) is 0 Å². The summed E-state index contributed by atoms with van der Waals surface area (Å²) in [5.74, 6) is 0. The van der Waals surface area contributed by atoms with Crippen molar-refractivity contribution >= 4 is 27.2 Å². The van der Waals surface area contributed by atoms with E-state index in [1.54, 1.807) is 12.1 Å². The Hall–Kier alpha value is -0.980. The average molecular weight is 258 g/mol. The van der Waals surface area contributed by atoms with Crippen LogP contribution in [0.15, 0.2) is 29.2 Å². The van der Waals surface area contributed by atoms with E-state index in [0.717, 1.165) is 6.42 Å². The number of thiocarbonyl (C=S) groups is 1. The first kappa shape index (κ1) is 13.1. The molecular formula is C10H14N2O2S2. The zero-order chi connectivity index (χ0) is 12.2. The van der Waals surface area contributed by atoms with Crippen LogP contribution in [0, 0.1) is 0 Å². The summed E-state index contributed by atoms with van der Waals surface area (Å²) in [6, 6.07) is 6.29. The second kappa shape index (κ2) is 5.38. The summed E-state index contributed by atoms with van der Waals surface area (Å²) >= 11 is 4.79. The number of sulfonamides is 1. The van der Waals surface area contributed by atoms with Crippen molar-refractivity contribution in [1.29, 1.82) is 0 Å². The summed E-state index contributed by atoms with van der Waals surface area (Å²) in [5, 5.41) is 0. The fourth-order valence-corrected chi connectivity index (χ4v) is 2.44. The van der Waals surface area contributed by atoms with Crippen LogP contribution in [-0.4, -0.2) is 20.0 Å². The summed E-state index contributed by atoms with van der Waals surface area (Å²) in [4.78, 5) is 0.374. The lowest BCUT2D eigenvalue weighted by atomic mass is 10.2. The Morgan fingerprint density at radius 2 is 2.19 bits per heavy atom. The largest absolute Gasteiger partial charge is 0.389 e. The zero-order valence-corrected chi connectivity index (χ0v) is 10.6. The van der Waals surface area contributed by atoms with E-state index in [4.69, 9.17) is 18.0 Å². The summed E-state index contributed by atoms with van der Waals surface area (Å²) < 4.78 is 26.0. The molecule has 0 aliphatic heterocycles. The van der Waals surface area contributed by atoms with Gasteiger partial charge in [0.05, 0.1) is 4.90 Å². The Balaban J connectivity index is 3.04. The van der Waals surface area contributed by atoms with E-state index in [1.807, 2.05) is 6.92 Å². The first-order valence-electron chi connectivity index (χ1n) is 4.87. The molecule has 0 amide bonds. The van der Waals surface area contributed by atoms with E-state index in [9.17, 15) is 8.42 Å². The van der Waals surface area contributed by atoms with Gasteiger partial charge in [-0.05, 0) is 18.6 Å². The molecule has 88 valence electrons. The van der Waals surface area contributed by atoms with Gasteiger partial charge in [0, 0.05) is 12.1 Å². The molecule has 1 rings (SSSR count). The first-order chi connectivity index (χ1) is 7.47. The summed E-state index contributed by atoms with van der Waals surface area (Å²) in [6.07, 6.45) is 0.744. The number of hydrogen-bond acceptors (Lipinski definition) is 3. The minimum Gasteiger partial charge on any atom is -0.389 e. The maximum Gasteiger partial charge on any atom is 0.240 e. The van der Waals surface area contributed by atoms with Gasteiger partial charge in [0.2, 0.25) is 10.0 Å². The number of nitrogens with two attached hydrogens (primary N) is 1. The molecule has 0 radical (unpaired) electrons. The molecule has 0 aliphatic rings. The molecule has 0 saturated carbocycles. The number of benzene rings is 1. The predicted molar refractivity (Wildman–Crippen MR) is 67.8 cm³/mol. The Labute approximate surface area is 101 Å². The van der Waals surface area contributed by atoms with Crippen molar-refractivity contribution in [1.82, 2.24) is 4.72 Å². The first-order valence-corrected chi connectivity index (χ1v) is 6.76. The SMILES string of the molecule is CCCNS(=O)(=O)c1cccc(C(N)=S)c1. The van der Waals surface area contributed by atoms with Gasteiger partial charge < -0.3 is 5.73 Å². The van der Waals surface area contributed by atoms with Gasteiger partial charge in [0.15, 0.2) is 0 Å². The van der Waals surface area contributed by atoms with Gasteiger partial charge in [0.25, 0.3) is 0 Å². The number of hydrogen-bond donors (Lipinski definition) is 2. The van der Waals surface area contributed by atoms with E-state index < -0.39 is 10.0 Å². The molecular weight excluding hydrogens is 244 g/mol. The van der Waals surface area contributed by atoms with Gasteiger partial charge in [-0.2, -0.15) is 0 Å². The highest BCUT2D eigenvalue weighted by molar-refractivity contribution is 7.89. The number of nitrogens with one attached hydrogen (secondary N) is 1. The van der Waals surface area contributed by atoms with E-state index in [1.165, 1.54) is 12.1 Å². The molecule has 6 heteroatoms. The molecule has 0 aromatic heterocycles. The topological polar surface area (TPSA) is 72.2 Å². The van der Waals surface area contributed by atoms with E-state index in [2.05, 4.69) is 4.72 Å². The highest BCUT2D eigenvalue weighted by atomic mass is 32.2. The maximum absolute atomic E-state index is 11.8. The minimum absolute atomic E-state index is 0.186. The third-order valence-corrected chi connectivity index (χ3v) is 3.67. The fraction of sp³-hybridized carbons (Fsp3) is 0.300. The average Bonchev–Trinajstić information content (AvgIpc) is 2.26. The second-order valence-electron chi connectivity index (χ2n) is 3.29. The van der Waals surface area contributed by atoms with Gasteiger partial charge in [-0.3, -0.25) is 0 Å². The van der Waals surface area contributed by atoms with E-state index >= 15 is 0 Å². The van der Waals surface area contributed by atoms with Crippen LogP contribution < -0.4 is 10.5 Å². The van der Waals surface area contributed by atoms with Gasteiger partial charge >= 0.3 is 0 Å². The van der Waals surface area contributed by atoms with E-state index in [0.29, 0.717) is 12.1 Å². The lowest BCUT2D eigenvalue weighted by molar-refractivity contribution is 0.581. The molecule has 0 spiro atoms. The molecule has 0 fully saturated rings. The summed E-state index contributed by atoms with van der Waals surface area (Å²) in [5.41, 5.74) is 5.99. The normalized spacial score (nSPS) is 11.3. The fourth-order valence-electron chi connectivity index (χ4n) is 1.14. The Morgan fingerprint density at radius 3 is 2.75 bits per heavy atom. The van der Waals surface area contributed by atoms with Crippen molar-refractivity contribution in [3.05, 3.63) is 29.8 Å². The van der Waals surface area contributed by atoms with Crippen LogP contribution in [0.2, 0.25) is 0 Å². The van der Waals surface area contributed by atoms with Gasteiger partial charge in [-0.1, -0.05) is 31.3 Å². The molecule has 1 aromatic rings. The molecule has 0 bridgehead atoms. The highest BCUT2D eigenvalue weighted by Crippen LogP contribution is 2.11. The predicted octanol–water partition coefficient (Wildman–Crippen LogP) is 1.01. The summed E-state index contributed by atoms with van der Waals surface area (Å²) in [7, 11) is -3.44. The Morgan fingerprint density at radius 1 is 1.50 bits per heavy atom. The zero-order valence-electron chi connectivity index (χ0n) is 8.93. The lowest BCUT2D eigenvalue weighted by Crippen LogP contribution is -2.24. The molecule has 4 nitrogen and oxygen atoms in total. The molecule has 3 N–H and O–H groups in total. The van der Waals surface area contributed by atoms with Crippen molar-refractivity contribution < 1.29 is 8.42 Å². The van der Waals surface area contributed by atoms with Gasteiger partial charge in [0.1, 0.15) is 4.99 Å². The highest BCUT2D eigenvalue weighted by Gasteiger charge is 2.13. The van der Waals surface area contributed by atoms with Crippen LogP contribution in [0.5, 0.6) is 0 Å². The van der Waals surface area contributed by atoms with Crippen LogP contribution in [-0.2, 0) is 10.0 Å². The van der Waals surface area contributed by atoms with Crippen molar-refractivity contribution in [2.45, 2.75) is 18.2 Å². The van der Waals surface area contributed by atoms with E-state index in [-0.39, 0.29) is 9.88 Å². The molecule has 16 heavy (non-hydrogen) atoms. The van der Waals surface area contributed by atoms with Gasteiger partial charge in [-0.25, -0.2) is 13.1 Å². The molecule has 0 heterocycles. The van der Waals surface area contributed by atoms with Crippen molar-refractivity contribution in [2.75, 3.05) is 6.54 Å². The van der Waals surface area contributed by atoms with Crippen molar-refractivity contribution in [3.63, 3.8) is 0 Å². The smallest absolute Gasteiger partial charge is 0.240 e. The lowest BCUT2D eigenvalue weighted by Gasteiger charge is -2.06. The van der Waals surface area contributed by atoms with Crippen molar-refractivity contribution in [2.24, 2.45) is 5.73 Å². The summed E-state index contributed by atoms with van der Waals surface area (Å²) in [6.45, 7) is 2.31. The van der Waals surface area contributed by atoms with Crippen LogP contribution >= 0.6 is 12.2 Å². The van der Waals surface area contributed by atoms with Crippen LogP contribution in [0.1, 0.15) is 18.9 Å². The van der Waals surface area contributed by atoms with Crippen LogP contribution in [0.4, 0.5) is 0 Å². The van der Waals surface area contributed by atoms with Crippen molar-refractivity contribution in [3.8, 4) is 0 Å². The molecule has 0 aliphatic carbocycles. The van der Waals surface area contributed by atoms with Crippen LogP contribution in [0.3, 0.4) is 0 Å². The standard InChI is InChI=1S/C10H14N2O2S2/c1-2-6-12-16(13,14)9-5-3-4-8(7-9)10(11)15/h3-5,7,12H,2,6H2,1H3,(H2,11,15). The molecule has 0 unspecified atom stereocenters. The molecule has 0 atom stereocenters.